The van der Waals surface area contributed by atoms with E-state index in [1.54, 1.807) is 0 Å². The van der Waals surface area contributed by atoms with Gasteiger partial charge < -0.3 is 16.0 Å². The van der Waals surface area contributed by atoms with Gasteiger partial charge in [0.2, 0.25) is 11.8 Å². The van der Waals surface area contributed by atoms with E-state index >= 15 is 0 Å². The van der Waals surface area contributed by atoms with E-state index in [0.717, 1.165) is 38.0 Å². The van der Waals surface area contributed by atoms with Gasteiger partial charge in [-0.3, -0.25) is 14.5 Å². The number of rotatable bonds is 4. The predicted octanol–water partition coefficient (Wildman–Crippen LogP) is 2.34. The fourth-order valence-corrected chi connectivity index (χ4v) is 4.07. The van der Waals surface area contributed by atoms with Crippen LogP contribution in [-0.4, -0.2) is 60.4 Å². The molecular formula is C21H33ClN4O2. The molecule has 0 bridgehead atoms. The van der Waals surface area contributed by atoms with Gasteiger partial charge in [-0.1, -0.05) is 32.0 Å². The molecule has 3 N–H and O–H groups in total. The molecule has 156 valence electrons. The van der Waals surface area contributed by atoms with Crippen molar-refractivity contribution in [3.63, 3.8) is 0 Å². The third-order valence-corrected chi connectivity index (χ3v) is 6.01. The number of nitrogens with two attached hydrogens (primary N) is 1. The molecule has 0 radical (unpaired) electrons. The van der Waals surface area contributed by atoms with E-state index in [1.165, 1.54) is 0 Å². The van der Waals surface area contributed by atoms with E-state index in [0.29, 0.717) is 19.6 Å². The first-order chi connectivity index (χ1) is 12.8. The summed E-state index contributed by atoms with van der Waals surface area (Å²) < 4.78 is 0. The summed E-state index contributed by atoms with van der Waals surface area (Å²) >= 11 is 0. The molecule has 0 aromatic heterocycles. The topological polar surface area (TPSA) is 78.7 Å². The Bertz CT molecular complexity index is 660. The molecule has 2 aliphatic rings. The predicted molar refractivity (Wildman–Crippen MR) is 114 cm³/mol. The molecule has 0 aliphatic carbocycles. The van der Waals surface area contributed by atoms with Gasteiger partial charge in [0.15, 0.2) is 0 Å². The van der Waals surface area contributed by atoms with Gasteiger partial charge in [-0.15, -0.1) is 12.4 Å². The van der Waals surface area contributed by atoms with Gasteiger partial charge >= 0.3 is 0 Å². The molecule has 1 aromatic carbocycles. The molecule has 2 saturated heterocycles. The zero-order chi connectivity index (χ0) is 19.4. The molecule has 6 nitrogen and oxygen atoms in total. The fraction of sp³-hybridized carbons (Fsp3) is 0.619. The number of piperidine rings is 2. The minimum atomic E-state index is -0.0267. The number of anilines is 1. The fourth-order valence-electron chi connectivity index (χ4n) is 4.07. The second-order valence-corrected chi connectivity index (χ2v) is 8.60. The third-order valence-electron chi connectivity index (χ3n) is 6.01. The van der Waals surface area contributed by atoms with Crippen molar-refractivity contribution in [2.75, 3.05) is 38.0 Å². The minimum absolute atomic E-state index is 0. The number of nitrogens with zero attached hydrogens (tertiary/aromatic N) is 2. The van der Waals surface area contributed by atoms with E-state index < -0.39 is 0 Å². The van der Waals surface area contributed by atoms with Crippen molar-refractivity contribution in [2.24, 2.45) is 17.1 Å². The summed E-state index contributed by atoms with van der Waals surface area (Å²) in [7, 11) is 0. The molecule has 0 saturated carbocycles. The first kappa shape index (κ1) is 22.7. The molecule has 0 spiro atoms. The number of halogens is 1. The number of hydrogen-bond donors (Lipinski definition) is 2. The third kappa shape index (κ3) is 5.69. The highest BCUT2D eigenvalue weighted by molar-refractivity contribution is 5.92. The highest BCUT2D eigenvalue weighted by Crippen LogP contribution is 2.28. The van der Waals surface area contributed by atoms with Crippen molar-refractivity contribution in [2.45, 2.75) is 39.2 Å². The normalized spacial score (nSPS) is 23.0. The Kier molecular flexibility index (Phi) is 7.87. The van der Waals surface area contributed by atoms with Crippen LogP contribution in [0.4, 0.5) is 5.69 Å². The highest BCUT2D eigenvalue weighted by atomic mass is 35.5. The van der Waals surface area contributed by atoms with Gasteiger partial charge in [-0.25, -0.2) is 0 Å². The number of para-hydroxylation sites is 1. The van der Waals surface area contributed by atoms with Crippen LogP contribution in [-0.2, 0) is 9.59 Å². The maximum atomic E-state index is 12.7. The molecular weight excluding hydrogens is 376 g/mol. The molecule has 7 heteroatoms. The second kappa shape index (κ2) is 9.72. The number of amides is 2. The van der Waals surface area contributed by atoms with E-state index in [-0.39, 0.29) is 41.6 Å². The van der Waals surface area contributed by atoms with E-state index in [1.807, 2.05) is 35.2 Å². The van der Waals surface area contributed by atoms with Crippen molar-refractivity contribution < 1.29 is 9.59 Å². The Labute approximate surface area is 174 Å². The monoisotopic (exact) mass is 408 g/mol. The van der Waals surface area contributed by atoms with Crippen LogP contribution >= 0.6 is 12.4 Å². The summed E-state index contributed by atoms with van der Waals surface area (Å²) in [5.41, 5.74) is 7.06. The summed E-state index contributed by atoms with van der Waals surface area (Å²) in [6.45, 7) is 7.85. The number of nitrogens with one attached hydrogen (secondary N) is 1. The van der Waals surface area contributed by atoms with Crippen LogP contribution in [0, 0.1) is 11.3 Å². The first-order valence-corrected chi connectivity index (χ1v) is 9.97. The molecule has 2 amide bonds. The van der Waals surface area contributed by atoms with Crippen molar-refractivity contribution in [3.8, 4) is 0 Å². The SMILES string of the molecule is CC1(C)CN(CC(=O)N2CCC(C(=O)Nc3ccccc3)CC2)CCC1N.Cl. The van der Waals surface area contributed by atoms with E-state index in [2.05, 4.69) is 24.1 Å². The van der Waals surface area contributed by atoms with Crippen molar-refractivity contribution >= 4 is 29.9 Å². The van der Waals surface area contributed by atoms with Crippen LogP contribution < -0.4 is 11.1 Å². The lowest BCUT2D eigenvalue weighted by molar-refractivity contribution is -0.136. The van der Waals surface area contributed by atoms with Crippen molar-refractivity contribution in [1.82, 2.24) is 9.80 Å². The standard InChI is InChI=1S/C21H32N4O2.ClH/c1-21(2)15-24(11-10-18(21)22)14-19(26)25-12-8-16(9-13-25)20(27)23-17-6-4-3-5-7-17;/h3-7,16,18H,8-15,22H2,1-2H3,(H,23,27);1H. The quantitative estimate of drug-likeness (QED) is 0.801. The van der Waals surface area contributed by atoms with Gasteiger partial charge in [-0.05, 0) is 36.8 Å². The molecule has 28 heavy (non-hydrogen) atoms. The molecule has 3 rings (SSSR count). The Morgan fingerprint density at radius 3 is 2.36 bits per heavy atom. The van der Waals surface area contributed by atoms with Gasteiger partial charge in [-0.2, -0.15) is 0 Å². The average Bonchev–Trinajstić information content (AvgIpc) is 2.65. The summed E-state index contributed by atoms with van der Waals surface area (Å²) in [6.07, 6.45) is 2.38. The molecule has 1 unspecified atom stereocenters. The van der Waals surface area contributed by atoms with Crippen molar-refractivity contribution in [3.05, 3.63) is 30.3 Å². The van der Waals surface area contributed by atoms with Crippen molar-refractivity contribution in [1.29, 1.82) is 0 Å². The summed E-state index contributed by atoms with van der Waals surface area (Å²) in [4.78, 5) is 29.2. The Balaban J connectivity index is 0.00000280. The zero-order valence-corrected chi connectivity index (χ0v) is 17.7. The largest absolute Gasteiger partial charge is 0.342 e. The van der Waals surface area contributed by atoms with Gasteiger partial charge in [0.1, 0.15) is 0 Å². The van der Waals surface area contributed by atoms with Gasteiger partial charge in [0.25, 0.3) is 0 Å². The zero-order valence-electron chi connectivity index (χ0n) is 16.9. The Morgan fingerprint density at radius 1 is 1.11 bits per heavy atom. The van der Waals surface area contributed by atoms with E-state index in [9.17, 15) is 9.59 Å². The first-order valence-electron chi connectivity index (χ1n) is 9.97. The molecule has 1 atom stereocenters. The molecule has 2 fully saturated rings. The molecule has 1 aromatic rings. The smallest absolute Gasteiger partial charge is 0.236 e. The summed E-state index contributed by atoms with van der Waals surface area (Å²) in [6, 6.07) is 9.72. The number of hydrogen-bond acceptors (Lipinski definition) is 4. The van der Waals surface area contributed by atoms with Crippen LogP contribution in [0.15, 0.2) is 30.3 Å². The van der Waals surface area contributed by atoms with Gasteiger partial charge in [0.05, 0.1) is 6.54 Å². The minimum Gasteiger partial charge on any atom is -0.342 e. The lowest BCUT2D eigenvalue weighted by Crippen LogP contribution is -2.55. The van der Waals surface area contributed by atoms with Crippen LogP contribution in [0.2, 0.25) is 0 Å². The second-order valence-electron chi connectivity index (χ2n) is 8.60. The van der Waals surface area contributed by atoms with Crippen LogP contribution in [0.5, 0.6) is 0 Å². The lowest BCUT2D eigenvalue weighted by Gasteiger charge is -2.43. The lowest BCUT2D eigenvalue weighted by atomic mass is 9.80. The maximum absolute atomic E-state index is 12.7. The summed E-state index contributed by atoms with van der Waals surface area (Å²) in [5, 5.41) is 2.97. The van der Waals surface area contributed by atoms with Crippen LogP contribution in [0.3, 0.4) is 0 Å². The Morgan fingerprint density at radius 2 is 1.75 bits per heavy atom. The van der Waals surface area contributed by atoms with E-state index in [4.69, 9.17) is 5.73 Å². The highest BCUT2D eigenvalue weighted by Gasteiger charge is 2.35. The molecule has 2 heterocycles. The van der Waals surface area contributed by atoms with Crippen LogP contribution in [0.1, 0.15) is 33.1 Å². The average molecular weight is 409 g/mol. The molecule has 2 aliphatic heterocycles. The summed E-state index contributed by atoms with van der Waals surface area (Å²) in [5.74, 6) is 0.199. The number of likely N-dealkylation sites (tertiary alicyclic amines) is 2. The van der Waals surface area contributed by atoms with Gasteiger partial charge in [0, 0.05) is 43.8 Å². The number of carbonyl (C=O) groups is 2. The van der Waals surface area contributed by atoms with Crippen LogP contribution in [0.25, 0.3) is 0 Å². The maximum Gasteiger partial charge on any atom is 0.236 e. The Hall–Kier alpha value is -1.63. The number of carbonyl (C=O) groups excluding carboxylic acids is 2. The number of benzene rings is 1.